The van der Waals surface area contributed by atoms with Crippen LogP contribution in [0.4, 0.5) is 29.3 Å². The number of benzene rings is 2. The molecule has 5 rings (SSSR count). The van der Waals surface area contributed by atoms with Crippen LogP contribution in [0.5, 0.6) is 0 Å². The molecule has 262 valence electrons. The van der Waals surface area contributed by atoms with Crippen molar-refractivity contribution in [2.75, 3.05) is 17.7 Å². The zero-order valence-corrected chi connectivity index (χ0v) is 26.4. The molecule has 2 aromatic carbocycles. The number of hydrogen-bond acceptors (Lipinski definition) is 10. The molecule has 0 aliphatic carbocycles. The van der Waals surface area contributed by atoms with E-state index in [-0.39, 0.29) is 12.8 Å². The molecular formula is C30H27ClF3N9O7. The summed E-state index contributed by atoms with van der Waals surface area (Å²) in [7, 11) is 1.24. The largest absolute Gasteiger partial charge is 0.490 e. The summed E-state index contributed by atoms with van der Waals surface area (Å²) in [6, 6.07) is 9.37. The van der Waals surface area contributed by atoms with E-state index in [0.717, 1.165) is 0 Å². The Bertz CT molecular complexity index is 1910. The van der Waals surface area contributed by atoms with Crippen molar-refractivity contribution in [3.8, 4) is 16.9 Å². The second kappa shape index (κ2) is 16.3. The van der Waals surface area contributed by atoms with Gasteiger partial charge in [0.2, 0.25) is 11.8 Å². The molecule has 1 aliphatic heterocycles. The number of halogens is 4. The van der Waals surface area contributed by atoms with Crippen molar-refractivity contribution in [2.24, 2.45) is 0 Å². The van der Waals surface area contributed by atoms with Gasteiger partial charge in [0.05, 0.1) is 42.7 Å². The number of methoxy groups -OCH3 is 1. The van der Waals surface area contributed by atoms with E-state index in [1.807, 2.05) is 0 Å². The first-order chi connectivity index (χ1) is 23.7. The number of carbonyl (C=O) groups is 4. The van der Waals surface area contributed by atoms with Gasteiger partial charge in [0.1, 0.15) is 12.2 Å². The Morgan fingerprint density at radius 1 is 1.18 bits per heavy atom. The van der Waals surface area contributed by atoms with Crippen molar-refractivity contribution in [3.63, 3.8) is 0 Å². The van der Waals surface area contributed by atoms with Crippen molar-refractivity contribution in [1.29, 1.82) is 0 Å². The summed E-state index contributed by atoms with van der Waals surface area (Å²) in [6.07, 6.45) is 2.42. The molecule has 2 aromatic heterocycles. The van der Waals surface area contributed by atoms with Gasteiger partial charge in [0, 0.05) is 34.1 Å². The molecule has 4 aromatic rings. The minimum atomic E-state index is -5.08. The maximum atomic E-state index is 13.1. The maximum Gasteiger partial charge on any atom is 0.490 e. The van der Waals surface area contributed by atoms with E-state index < -0.39 is 42.2 Å². The average Bonchev–Trinajstić information content (AvgIpc) is 3.76. The number of aromatic nitrogens is 6. The first-order valence-corrected chi connectivity index (χ1v) is 14.6. The summed E-state index contributed by atoms with van der Waals surface area (Å²) in [5.41, 5.74) is 3.01. The minimum Gasteiger partial charge on any atom is -0.475 e. The number of amides is 3. The molecule has 16 nitrogen and oxygen atoms in total. The third kappa shape index (κ3) is 10.2. The van der Waals surface area contributed by atoms with Gasteiger partial charge in [0.15, 0.2) is 0 Å². The Labute approximate surface area is 285 Å². The maximum absolute atomic E-state index is 13.1. The Kier molecular flexibility index (Phi) is 12.0. The number of ether oxygens (including phenoxy) is 1. The third-order valence-electron chi connectivity index (χ3n) is 6.61. The quantitative estimate of drug-likeness (QED) is 0.128. The van der Waals surface area contributed by atoms with Gasteiger partial charge in [0.25, 0.3) is 0 Å². The highest BCUT2D eigenvalue weighted by Gasteiger charge is 2.38. The van der Waals surface area contributed by atoms with Crippen LogP contribution in [-0.4, -0.2) is 83.7 Å². The number of aliphatic carboxylic acids is 1. The fourth-order valence-corrected chi connectivity index (χ4v) is 4.55. The SMILES string of the molecule is COC(=O)Nc1ccc2c(c1)NC(=O)C[C@H](O)/C=C/CC(NC(=O)/C=C/c1cc(Cl)ccc1-n1cnnn1)c1nc-2c[nH]1.O=C(O)C(F)(F)F. The van der Waals surface area contributed by atoms with Crippen LogP contribution in [0.3, 0.4) is 0 Å². The van der Waals surface area contributed by atoms with E-state index in [1.165, 1.54) is 30.3 Å². The number of rotatable bonds is 5. The number of anilines is 2. The molecule has 0 spiro atoms. The second-order valence-electron chi connectivity index (χ2n) is 10.2. The first-order valence-electron chi connectivity index (χ1n) is 14.2. The Morgan fingerprint density at radius 2 is 1.94 bits per heavy atom. The first kappa shape index (κ1) is 36.8. The zero-order chi connectivity index (χ0) is 36.4. The molecule has 0 saturated carbocycles. The van der Waals surface area contributed by atoms with Gasteiger partial charge in [-0.3, -0.25) is 14.9 Å². The van der Waals surface area contributed by atoms with E-state index in [4.69, 9.17) is 21.5 Å². The smallest absolute Gasteiger partial charge is 0.475 e. The molecule has 2 bridgehead atoms. The van der Waals surface area contributed by atoms with Crippen LogP contribution < -0.4 is 16.0 Å². The van der Waals surface area contributed by atoms with Gasteiger partial charge in [-0.2, -0.15) is 17.9 Å². The average molecular weight is 718 g/mol. The van der Waals surface area contributed by atoms with Crippen LogP contribution in [0, 0.1) is 0 Å². The zero-order valence-electron chi connectivity index (χ0n) is 25.7. The number of aromatic amines is 1. The normalized spacial score (nSPS) is 16.6. The Hall–Kier alpha value is -6.08. The predicted molar refractivity (Wildman–Crippen MR) is 171 cm³/mol. The summed E-state index contributed by atoms with van der Waals surface area (Å²) in [4.78, 5) is 54.2. The van der Waals surface area contributed by atoms with Gasteiger partial charge in [-0.25, -0.2) is 14.6 Å². The topological polar surface area (TPSA) is 226 Å². The lowest BCUT2D eigenvalue weighted by atomic mass is 10.1. The number of tetrazole rings is 1. The second-order valence-corrected chi connectivity index (χ2v) is 10.6. The highest BCUT2D eigenvalue weighted by atomic mass is 35.5. The Balaban J connectivity index is 0.000000727. The lowest BCUT2D eigenvalue weighted by Crippen LogP contribution is -2.27. The van der Waals surface area contributed by atoms with Crippen molar-refractivity contribution in [1.82, 2.24) is 35.5 Å². The van der Waals surface area contributed by atoms with E-state index in [1.54, 1.807) is 54.7 Å². The van der Waals surface area contributed by atoms with Crippen molar-refractivity contribution in [2.45, 2.75) is 31.2 Å². The minimum absolute atomic E-state index is 0.210. The molecular weight excluding hydrogens is 691 g/mol. The number of H-pyrrole nitrogens is 1. The fourth-order valence-electron chi connectivity index (χ4n) is 4.37. The highest BCUT2D eigenvalue weighted by molar-refractivity contribution is 6.30. The summed E-state index contributed by atoms with van der Waals surface area (Å²) in [6.45, 7) is 0. The van der Waals surface area contributed by atoms with E-state index >= 15 is 0 Å². The number of nitrogens with zero attached hydrogens (tertiary/aromatic N) is 5. The van der Waals surface area contributed by atoms with Gasteiger partial charge < -0.3 is 30.6 Å². The molecule has 3 heterocycles. The number of carboxylic acids is 1. The number of imidazole rings is 1. The van der Waals surface area contributed by atoms with Crippen LogP contribution in [0.25, 0.3) is 23.0 Å². The number of alkyl halides is 3. The standard InChI is InChI=1S/C28H26ClN9O5.C2HF3O2/c1-43-28(42)32-18-7-8-20-22(12-18)34-26(41)13-19(39)3-2-4-21(27-30-14-23(20)35-27)33-25(40)10-5-16-11-17(29)6-9-24(16)38-15-31-36-37-38;3-2(4,5)1(6)7/h2-3,5-12,14-15,19,21,39H,4,13H2,1H3,(H,30,35)(H,32,42)(H,33,40)(H,34,41);(H,6,7)/b3-2+,10-5+;/t19-,21?;/m1./s1. The van der Waals surface area contributed by atoms with Crippen molar-refractivity contribution >= 4 is 52.9 Å². The van der Waals surface area contributed by atoms with E-state index in [9.17, 15) is 32.7 Å². The molecule has 50 heavy (non-hydrogen) atoms. The monoisotopic (exact) mass is 717 g/mol. The van der Waals surface area contributed by atoms with Gasteiger partial charge in [-0.05, 0) is 59.3 Å². The number of hydrogen-bond donors (Lipinski definition) is 6. The molecule has 6 N–H and O–H groups in total. The molecule has 2 atom stereocenters. The number of fused-ring (bicyclic) bond motifs is 4. The van der Waals surface area contributed by atoms with Crippen LogP contribution in [-0.2, 0) is 19.1 Å². The molecule has 0 fully saturated rings. The van der Waals surface area contributed by atoms with Crippen LogP contribution in [0.2, 0.25) is 5.02 Å². The van der Waals surface area contributed by atoms with E-state index in [0.29, 0.717) is 44.7 Å². The van der Waals surface area contributed by atoms with E-state index in [2.05, 4.69) is 46.2 Å². The van der Waals surface area contributed by atoms with Gasteiger partial charge in [-0.15, -0.1) is 5.10 Å². The number of nitrogens with one attached hydrogen (secondary N) is 4. The lowest BCUT2D eigenvalue weighted by Gasteiger charge is -2.14. The highest BCUT2D eigenvalue weighted by Crippen LogP contribution is 2.31. The number of aliphatic hydroxyl groups is 1. The molecule has 3 amide bonds. The van der Waals surface area contributed by atoms with Crippen molar-refractivity contribution in [3.05, 3.63) is 83.6 Å². The summed E-state index contributed by atoms with van der Waals surface area (Å²) in [5, 5.41) is 37.5. The fraction of sp³-hybridized carbons (Fsp3) is 0.200. The Morgan fingerprint density at radius 3 is 2.62 bits per heavy atom. The number of aliphatic hydroxyl groups excluding tert-OH is 1. The lowest BCUT2D eigenvalue weighted by molar-refractivity contribution is -0.192. The number of carbonyl (C=O) groups excluding carboxylic acids is 3. The molecule has 1 unspecified atom stereocenters. The molecule has 1 aliphatic rings. The molecule has 0 saturated heterocycles. The summed E-state index contributed by atoms with van der Waals surface area (Å²) < 4.78 is 37.8. The number of carboxylic acid groups (broad SMARTS) is 1. The van der Waals surface area contributed by atoms with Crippen molar-refractivity contribution < 1.29 is 47.3 Å². The molecule has 0 radical (unpaired) electrons. The van der Waals surface area contributed by atoms with Crippen LogP contribution >= 0.6 is 11.6 Å². The third-order valence-corrected chi connectivity index (χ3v) is 6.85. The van der Waals surface area contributed by atoms with Crippen LogP contribution in [0.15, 0.2) is 67.2 Å². The summed E-state index contributed by atoms with van der Waals surface area (Å²) >= 11 is 6.18. The van der Waals surface area contributed by atoms with Gasteiger partial charge in [-0.1, -0.05) is 23.8 Å². The van der Waals surface area contributed by atoms with Gasteiger partial charge >= 0.3 is 18.2 Å². The summed E-state index contributed by atoms with van der Waals surface area (Å²) in [5.74, 6) is -3.17. The molecule has 20 heteroatoms. The predicted octanol–water partition coefficient (Wildman–Crippen LogP) is 4.04. The van der Waals surface area contributed by atoms with Crippen LogP contribution in [0.1, 0.15) is 30.3 Å².